The van der Waals surface area contributed by atoms with E-state index in [-0.39, 0.29) is 12.1 Å². The number of methoxy groups -OCH3 is 2. The predicted molar refractivity (Wildman–Crippen MR) is 135 cm³/mol. The van der Waals surface area contributed by atoms with Gasteiger partial charge in [-0.2, -0.15) is 0 Å². The highest BCUT2D eigenvalue weighted by atomic mass is 16.5. The van der Waals surface area contributed by atoms with Crippen molar-refractivity contribution in [2.45, 2.75) is 19.4 Å². The SMILES string of the molecule is COC(=O)c1ccccc1NC(=O)N1CCc2c([nH]c3ccc(OC)cc23)C1c1ccc(C)cc1. The van der Waals surface area contributed by atoms with Crippen molar-refractivity contribution in [1.82, 2.24) is 9.88 Å². The molecule has 0 fully saturated rings. The summed E-state index contributed by atoms with van der Waals surface area (Å²) in [6.07, 6.45) is 0.691. The van der Waals surface area contributed by atoms with E-state index in [1.807, 2.05) is 30.0 Å². The molecule has 1 aliphatic rings. The number of aromatic nitrogens is 1. The topological polar surface area (TPSA) is 83.7 Å². The number of urea groups is 1. The normalized spacial score (nSPS) is 14.9. The summed E-state index contributed by atoms with van der Waals surface area (Å²) in [6.45, 7) is 2.56. The van der Waals surface area contributed by atoms with Gasteiger partial charge in [-0.15, -0.1) is 0 Å². The van der Waals surface area contributed by atoms with Crippen LogP contribution in [0.1, 0.15) is 38.8 Å². The van der Waals surface area contributed by atoms with Gasteiger partial charge in [0.25, 0.3) is 0 Å². The van der Waals surface area contributed by atoms with Gasteiger partial charge in [0, 0.05) is 23.1 Å². The molecule has 5 rings (SSSR count). The number of hydrogen-bond acceptors (Lipinski definition) is 4. The van der Waals surface area contributed by atoms with Crippen molar-refractivity contribution in [2.75, 3.05) is 26.1 Å². The van der Waals surface area contributed by atoms with Crippen molar-refractivity contribution in [3.8, 4) is 5.75 Å². The van der Waals surface area contributed by atoms with Gasteiger partial charge in [-0.3, -0.25) is 0 Å². The minimum Gasteiger partial charge on any atom is -0.497 e. The molecule has 7 nitrogen and oxygen atoms in total. The number of rotatable bonds is 4. The fraction of sp³-hybridized carbons (Fsp3) is 0.214. The van der Waals surface area contributed by atoms with Gasteiger partial charge in [0.2, 0.25) is 0 Å². The molecule has 1 aromatic heterocycles. The highest BCUT2D eigenvalue weighted by Gasteiger charge is 2.35. The quantitative estimate of drug-likeness (QED) is 0.389. The van der Waals surface area contributed by atoms with Crippen LogP contribution in [0, 0.1) is 6.92 Å². The molecule has 0 saturated heterocycles. The number of nitrogens with zero attached hydrogens (tertiary/aromatic N) is 1. The van der Waals surface area contributed by atoms with Gasteiger partial charge in [0.1, 0.15) is 5.75 Å². The lowest BCUT2D eigenvalue weighted by Crippen LogP contribution is -2.43. The van der Waals surface area contributed by atoms with Crippen LogP contribution < -0.4 is 10.1 Å². The number of aryl methyl sites for hydroxylation is 1. The Labute approximate surface area is 203 Å². The van der Waals surface area contributed by atoms with Gasteiger partial charge in [-0.05, 0) is 54.8 Å². The molecule has 1 atom stereocenters. The van der Waals surface area contributed by atoms with Crippen LogP contribution in [0.5, 0.6) is 5.75 Å². The third kappa shape index (κ3) is 4.10. The molecule has 0 bridgehead atoms. The van der Waals surface area contributed by atoms with Crippen molar-refractivity contribution < 1.29 is 19.1 Å². The Bertz CT molecular complexity index is 1410. The van der Waals surface area contributed by atoms with Crippen LogP contribution in [0.4, 0.5) is 10.5 Å². The number of benzene rings is 3. The maximum absolute atomic E-state index is 13.6. The smallest absolute Gasteiger partial charge is 0.339 e. The van der Waals surface area contributed by atoms with Crippen LogP contribution in [0.15, 0.2) is 66.7 Å². The van der Waals surface area contributed by atoms with Crippen molar-refractivity contribution in [1.29, 1.82) is 0 Å². The van der Waals surface area contributed by atoms with E-state index in [2.05, 4.69) is 34.6 Å². The Morgan fingerprint density at radius 1 is 1.03 bits per heavy atom. The minimum absolute atomic E-state index is 0.284. The second-order valence-corrected chi connectivity index (χ2v) is 8.65. The van der Waals surface area contributed by atoms with E-state index in [9.17, 15) is 9.59 Å². The van der Waals surface area contributed by atoms with Gasteiger partial charge >= 0.3 is 12.0 Å². The number of anilines is 1. The molecular formula is C28H27N3O4. The zero-order chi connectivity index (χ0) is 24.5. The Kier molecular flexibility index (Phi) is 5.91. The number of hydrogen-bond donors (Lipinski definition) is 2. The maximum atomic E-state index is 13.6. The Balaban J connectivity index is 1.57. The fourth-order valence-corrected chi connectivity index (χ4v) is 4.78. The molecule has 0 radical (unpaired) electrons. The van der Waals surface area contributed by atoms with Gasteiger partial charge < -0.3 is 24.7 Å². The van der Waals surface area contributed by atoms with Gasteiger partial charge in [-0.1, -0.05) is 42.0 Å². The van der Waals surface area contributed by atoms with Crippen molar-refractivity contribution >= 4 is 28.6 Å². The van der Waals surface area contributed by atoms with Crippen LogP contribution >= 0.6 is 0 Å². The second kappa shape index (κ2) is 9.18. The molecule has 7 heteroatoms. The number of carbonyl (C=O) groups excluding carboxylic acids is 2. The van der Waals surface area contributed by atoms with Crippen molar-refractivity contribution in [2.24, 2.45) is 0 Å². The molecule has 35 heavy (non-hydrogen) atoms. The Morgan fingerprint density at radius 3 is 2.54 bits per heavy atom. The van der Waals surface area contributed by atoms with E-state index in [0.29, 0.717) is 24.2 Å². The number of aromatic amines is 1. The van der Waals surface area contributed by atoms with E-state index in [1.165, 1.54) is 12.7 Å². The molecule has 0 saturated carbocycles. The van der Waals surface area contributed by atoms with E-state index >= 15 is 0 Å². The number of amides is 2. The molecule has 0 spiro atoms. The molecule has 4 aromatic rings. The number of para-hydroxylation sites is 1. The highest BCUT2D eigenvalue weighted by Crippen LogP contribution is 2.39. The summed E-state index contributed by atoms with van der Waals surface area (Å²) in [7, 11) is 2.99. The van der Waals surface area contributed by atoms with Crippen LogP contribution in [0.2, 0.25) is 0 Å². The van der Waals surface area contributed by atoms with Gasteiger partial charge in [0.05, 0.1) is 31.5 Å². The van der Waals surface area contributed by atoms with E-state index < -0.39 is 5.97 Å². The summed E-state index contributed by atoms with van der Waals surface area (Å²) in [4.78, 5) is 31.2. The molecular weight excluding hydrogens is 442 g/mol. The third-order valence-electron chi connectivity index (χ3n) is 6.56. The number of ether oxygens (including phenoxy) is 2. The summed E-state index contributed by atoms with van der Waals surface area (Å²) in [6, 6.07) is 20.5. The molecule has 0 aliphatic carbocycles. The van der Waals surface area contributed by atoms with Gasteiger partial charge in [-0.25, -0.2) is 9.59 Å². The summed E-state index contributed by atoms with van der Waals surface area (Å²) in [5.41, 5.74) is 6.06. The Hall–Kier alpha value is -4.26. The number of carbonyl (C=O) groups is 2. The van der Waals surface area contributed by atoms with Crippen molar-refractivity contribution in [3.05, 3.63) is 94.7 Å². The zero-order valence-electron chi connectivity index (χ0n) is 19.9. The molecule has 2 heterocycles. The fourth-order valence-electron chi connectivity index (χ4n) is 4.78. The first-order chi connectivity index (χ1) is 17.0. The molecule has 3 aromatic carbocycles. The lowest BCUT2D eigenvalue weighted by atomic mass is 9.92. The van der Waals surface area contributed by atoms with E-state index in [4.69, 9.17) is 9.47 Å². The average molecular weight is 470 g/mol. The van der Waals surface area contributed by atoms with Crippen LogP contribution in [0.3, 0.4) is 0 Å². The number of esters is 1. The molecule has 178 valence electrons. The predicted octanol–water partition coefficient (Wildman–Crippen LogP) is 5.45. The molecule has 2 N–H and O–H groups in total. The monoisotopic (exact) mass is 469 g/mol. The summed E-state index contributed by atoms with van der Waals surface area (Å²) in [5.74, 6) is 0.298. The lowest BCUT2D eigenvalue weighted by Gasteiger charge is -2.36. The Morgan fingerprint density at radius 2 is 1.80 bits per heavy atom. The summed E-state index contributed by atoms with van der Waals surface area (Å²) < 4.78 is 10.3. The first-order valence-corrected chi connectivity index (χ1v) is 11.5. The van der Waals surface area contributed by atoms with Crippen molar-refractivity contribution in [3.63, 3.8) is 0 Å². The number of H-pyrrole nitrogens is 1. The van der Waals surface area contributed by atoms with Crippen LogP contribution in [-0.2, 0) is 11.2 Å². The molecule has 2 amide bonds. The number of nitrogens with one attached hydrogen (secondary N) is 2. The maximum Gasteiger partial charge on any atom is 0.339 e. The minimum atomic E-state index is -0.499. The lowest BCUT2D eigenvalue weighted by molar-refractivity contribution is 0.0602. The molecule has 1 aliphatic heterocycles. The largest absolute Gasteiger partial charge is 0.497 e. The summed E-state index contributed by atoms with van der Waals surface area (Å²) >= 11 is 0. The zero-order valence-corrected chi connectivity index (χ0v) is 19.9. The van der Waals surface area contributed by atoms with Crippen LogP contribution in [-0.4, -0.2) is 42.6 Å². The average Bonchev–Trinajstić information content (AvgIpc) is 3.26. The highest BCUT2D eigenvalue weighted by molar-refractivity contribution is 6.01. The number of fused-ring (bicyclic) bond motifs is 3. The first-order valence-electron chi connectivity index (χ1n) is 11.5. The second-order valence-electron chi connectivity index (χ2n) is 8.65. The first kappa shape index (κ1) is 22.5. The summed E-state index contributed by atoms with van der Waals surface area (Å²) in [5, 5.41) is 4.05. The van der Waals surface area contributed by atoms with Gasteiger partial charge in [0.15, 0.2) is 0 Å². The molecule has 1 unspecified atom stereocenters. The van der Waals surface area contributed by atoms with E-state index in [0.717, 1.165) is 33.5 Å². The standard InChI is InChI=1S/C28H27N3O4/c1-17-8-10-18(11-9-17)26-25-20(22-16-19(34-2)12-13-24(22)29-25)14-15-31(26)28(33)30-23-7-5-4-6-21(23)27(32)35-3/h4-13,16,26,29H,14-15H2,1-3H3,(H,30,33). The van der Waals surface area contributed by atoms with E-state index in [1.54, 1.807) is 31.4 Å². The van der Waals surface area contributed by atoms with Crippen LogP contribution in [0.25, 0.3) is 10.9 Å². The third-order valence-corrected chi connectivity index (χ3v) is 6.56.